The van der Waals surface area contributed by atoms with Gasteiger partial charge < -0.3 is 0 Å². The average molecular weight is 340 g/mol. The summed E-state index contributed by atoms with van der Waals surface area (Å²) < 4.78 is -0.175. The van der Waals surface area contributed by atoms with Crippen molar-refractivity contribution in [3.63, 3.8) is 0 Å². The maximum Gasteiger partial charge on any atom is 0.245 e. The number of carbonyl (C=O) groups excluding carboxylic acids is 1. The first-order valence-corrected chi connectivity index (χ1v) is 9.63. The molecule has 1 amide bonds. The zero-order chi connectivity index (χ0) is 14.7. The van der Waals surface area contributed by atoms with Gasteiger partial charge >= 0.3 is 0 Å². The molecule has 0 unspecified atom stereocenters. The first-order valence-electron chi connectivity index (χ1n) is 6.95. The van der Waals surface area contributed by atoms with Gasteiger partial charge in [-0.1, -0.05) is 12.5 Å². The van der Waals surface area contributed by atoms with E-state index in [0.29, 0.717) is 6.42 Å². The number of hydroxylamine groups is 1. The Labute approximate surface area is 136 Å². The van der Waals surface area contributed by atoms with E-state index in [1.54, 1.807) is 28.2 Å². The standard InChI is InChI=1S/C15H17NO2S3/c17-14(16-18)10-15(7-1-2-9-20-15)13-6-5-12(21-13)11-4-3-8-19-11/h3-6,8,18H,1-2,7,9-10H2,(H,16,17)/t15-/m0/s1. The van der Waals surface area contributed by atoms with E-state index < -0.39 is 0 Å². The highest BCUT2D eigenvalue weighted by Gasteiger charge is 2.38. The molecule has 1 aliphatic heterocycles. The highest BCUT2D eigenvalue weighted by molar-refractivity contribution is 8.00. The Morgan fingerprint density at radius 3 is 2.86 bits per heavy atom. The van der Waals surface area contributed by atoms with Gasteiger partial charge in [-0.15, -0.1) is 34.4 Å². The van der Waals surface area contributed by atoms with E-state index >= 15 is 0 Å². The number of thioether (sulfide) groups is 1. The molecule has 2 N–H and O–H groups in total. The molecular formula is C15H17NO2S3. The molecule has 112 valence electrons. The van der Waals surface area contributed by atoms with Crippen LogP contribution in [0.3, 0.4) is 0 Å². The van der Waals surface area contributed by atoms with Gasteiger partial charge in [0.1, 0.15) is 0 Å². The molecular weight excluding hydrogens is 322 g/mol. The predicted molar refractivity (Wildman–Crippen MR) is 90.2 cm³/mol. The van der Waals surface area contributed by atoms with Crippen molar-refractivity contribution in [2.45, 2.75) is 30.4 Å². The molecule has 0 bridgehead atoms. The minimum atomic E-state index is -0.296. The molecule has 1 fully saturated rings. The van der Waals surface area contributed by atoms with Crippen molar-refractivity contribution in [2.75, 3.05) is 5.75 Å². The maximum atomic E-state index is 11.7. The van der Waals surface area contributed by atoms with E-state index in [1.165, 1.54) is 21.1 Å². The monoisotopic (exact) mass is 339 g/mol. The maximum absolute atomic E-state index is 11.7. The average Bonchev–Trinajstić information content (AvgIpc) is 3.19. The number of rotatable bonds is 4. The first-order chi connectivity index (χ1) is 10.2. The van der Waals surface area contributed by atoms with Crippen molar-refractivity contribution >= 4 is 40.3 Å². The van der Waals surface area contributed by atoms with Crippen molar-refractivity contribution in [3.05, 3.63) is 34.5 Å². The van der Waals surface area contributed by atoms with Crippen LogP contribution in [0.15, 0.2) is 29.6 Å². The van der Waals surface area contributed by atoms with Crippen molar-refractivity contribution in [2.24, 2.45) is 0 Å². The fraction of sp³-hybridized carbons (Fsp3) is 0.400. The van der Waals surface area contributed by atoms with Crippen molar-refractivity contribution in [1.82, 2.24) is 5.48 Å². The Bertz CT molecular complexity index is 600. The third-order valence-corrected chi connectivity index (χ3v) is 7.84. The summed E-state index contributed by atoms with van der Waals surface area (Å²) in [4.78, 5) is 15.5. The summed E-state index contributed by atoms with van der Waals surface area (Å²) in [5.41, 5.74) is 1.80. The van der Waals surface area contributed by atoms with Crippen molar-refractivity contribution < 1.29 is 10.0 Å². The van der Waals surface area contributed by atoms with E-state index in [-0.39, 0.29) is 10.7 Å². The lowest BCUT2D eigenvalue weighted by Crippen LogP contribution is -2.32. The number of amides is 1. The topological polar surface area (TPSA) is 49.3 Å². The second-order valence-corrected chi connectivity index (χ2v) is 8.66. The number of carbonyl (C=O) groups is 1. The van der Waals surface area contributed by atoms with E-state index in [4.69, 9.17) is 5.21 Å². The van der Waals surface area contributed by atoms with Gasteiger partial charge in [-0.25, -0.2) is 5.48 Å². The third-order valence-electron chi connectivity index (χ3n) is 3.74. The lowest BCUT2D eigenvalue weighted by atomic mass is 9.94. The molecule has 21 heavy (non-hydrogen) atoms. The van der Waals surface area contributed by atoms with Crippen LogP contribution in [-0.4, -0.2) is 16.9 Å². The summed E-state index contributed by atoms with van der Waals surface area (Å²) in [5, 5.41) is 11.0. The number of nitrogens with one attached hydrogen (secondary N) is 1. The van der Waals surface area contributed by atoms with Gasteiger partial charge in [-0.3, -0.25) is 10.0 Å². The Balaban J connectivity index is 1.91. The van der Waals surface area contributed by atoms with Crippen LogP contribution >= 0.6 is 34.4 Å². The number of hydrogen-bond acceptors (Lipinski definition) is 5. The molecule has 0 aromatic carbocycles. The molecule has 0 aliphatic carbocycles. The van der Waals surface area contributed by atoms with E-state index in [9.17, 15) is 4.79 Å². The van der Waals surface area contributed by atoms with Crippen LogP contribution in [0.4, 0.5) is 0 Å². The van der Waals surface area contributed by atoms with Crippen LogP contribution in [0.1, 0.15) is 30.6 Å². The van der Waals surface area contributed by atoms with Gasteiger partial charge in [0.2, 0.25) is 5.91 Å². The minimum Gasteiger partial charge on any atom is -0.289 e. The summed E-state index contributed by atoms with van der Waals surface area (Å²) in [6.07, 6.45) is 3.68. The number of hydrogen-bond donors (Lipinski definition) is 2. The summed E-state index contributed by atoms with van der Waals surface area (Å²) >= 11 is 5.37. The quantitative estimate of drug-likeness (QED) is 0.637. The molecule has 1 saturated heterocycles. The summed E-state index contributed by atoms with van der Waals surface area (Å²) in [5.74, 6) is 0.778. The van der Waals surface area contributed by atoms with Gasteiger partial charge in [0.15, 0.2) is 0 Å². The Hall–Kier alpha value is -0.820. The molecule has 1 atom stereocenters. The molecule has 0 radical (unpaired) electrons. The highest BCUT2D eigenvalue weighted by atomic mass is 32.2. The summed E-state index contributed by atoms with van der Waals surface area (Å²) in [7, 11) is 0. The molecule has 0 spiro atoms. The van der Waals surface area contributed by atoms with Gasteiger partial charge in [-0.05, 0) is 42.2 Å². The number of thiophene rings is 2. The largest absolute Gasteiger partial charge is 0.289 e. The van der Waals surface area contributed by atoms with Gasteiger partial charge in [0, 0.05) is 21.1 Å². The second-order valence-electron chi connectivity index (χ2n) is 5.15. The first kappa shape index (κ1) is 15.1. The molecule has 3 nitrogen and oxygen atoms in total. The molecule has 3 heterocycles. The Morgan fingerprint density at radius 1 is 1.29 bits per heavy atom. The lowest BCUT2D eigenvalue weighted by molar-refractivity contribution is -0.129. The summed E-state index contributed by atoms with van der Waals surface area (Å²) in [6, 6.07) is 8.49. The minimum absolute atomic E-state index is 0.175. The van der Waals surface area contributed by atoms with Gasteiger partial charge in [-0.2, -0.15) is 0 Å². The van der Waals surface area contributed by atoms with Crippen LogP contribution in [0.2, 0.25) is 0 Å². The Kier molecular flexibility index (Phi) is 4.69. The smallest absolute Gasteiger partial charge is 0.245 e. The molecule has 2 aromatic heterocycles. The van der Waals surface area contributed by atoms with E-state index in [1.807, 2.05) is 11.8 Å². The highest BCUT2D eigenvalue weighted by Crippen LogP contribution is 2.51. The van der Waals surface area contributed by atoms with Crippen LogP contribution in [-0.2, 0) is 9.54 Å². The van der Waals surface area contributed by atoms with Crippen LogP contribution < -0.4 is 5.48 Å². The zero-order valence-electron chi connectivity index (χ0n) is 11.5. The van der Waals surface area contributed by atoms with Crippen molar-refractivity contribution in [3.8, 4) is 9.75 Å². The van der Waals surface area contributed by atoms with Gasteiger partial charge in [0.05, 0.1) is 4.75 Å². The fourth-order valence-corrected chi connectivity index (χ4v) is 6.43. The van der Waals surface area contributed by atoms with E-state index in [0.717, 1.165) is 18.6 Å². The molecule has 6 heteroatoms. The normalized spacial score (nSPS) is 22.1. The Morgan fingerprint density at radius 2 is 2.19 bits per heavy atom. The second kappa shape index (κ2) is 6.52. The third kappa shape index (κ3) is 3.18. The predicted octanol–water partition coefficient (Wildman–Crippen LogP) is 4.48. The lowest BCUT2D eigenvalue weighted by Gasteiger charge is -2.35. The van der Waals surface area contributed by atoms with E-state index in [2.05, 4.69) is 29.6 Å². The van der Waals surface area contributed by atoms with Crippen LogP contribution in [0.5, 0.6) is 0 Å². The molecule has 2 aromatic rings. The zero-order valence-corrected chi connectivity index (χ0v) is 14.0. The van der Waals surface area contributed by atoms with Gasteiger partial charge in [0.25, 0.3) is 0 Å². The molecule has 1 aliphatic rings. The fourth-order valence-electron chi connectivity index (χ4n) is 2.71. The molecule has 0 saturated carbocycles. The van der Waals surface area contributed by atoms with Crippen molar-refractivity contribution in [1.29, 1.82) is 0 Å². The van der Waals surface area contributed by atoms with Crippen LogP contribution in [0, 0.1) is 0 Å². The summed E-state index contributed by atoms with van der Waals surface area (Å²) in [6.45, 7) is 0. The van der Waals surface area contributed by atoms with Crippen LogP contribution in [0.25, 0.3) is 9.75 Å². The molecule has 3 rings (SSSR count). The SMILES string of the molecule is O=C(C[C@]1(c2ccc(-c3cccs3)s2)CCCCS1)NO.